The Morgan fingerprint density at radius 2 is 1.96 bits per heavy atom. The number of anilines is 1. The second kappa shape index (κ2) is 8.18. The summed E-state index contributed by atoms with van der Waals surface area (Å²) in [6.45, 7) is 0.525. The van der Waals surface area contributed by atoms with E-state index in [-0.39, 0.29) is 5.78 Å². The second-order valence-electron chi connectivity index (χ2n) is 5.40. The van der Waals surface area contributed by atoms with E-state index in [1.807, 2.05) is 66.2 Å². The minimum Gasteiger partial charge on any atom is -0.378 e. The maximum absolute atomic E-state index is 12.2. The number of nitrogens with one attached hydrogen (secondary N) is 1. The summed E-state index contributed by atoms with van der Waals surface area (Å²) in [5, 5.41) is 13.0. The van der Waals surface area contributed by atoms with Crippen molar-refractivity contribution in [2.75, 3.05) is 11.1 Å². The number of rotatable bonds is 7. The highest BCUT2D eigenvalue weighted by Crippen LogP contribution is 2.19. The van der Waals surface area contributed by atoms with Gasteiger partial charge in [-0.2, -0.15) is 0 Å². The molecule has 25 heavy (non-hydrogen) atoms. The number of nitrogens with zero attached hydrogens (tertiary/aromatic N) is 3. The zero-order valence-corrected chi connectivity index (χ0v) is 15.2. The number of benzene rings is 2. The van der Waals surface area contributed by atoms with Crippen LogP contribution in [0.4, 0.5) is 5.69 Å². The number of aromatic nitrogens is 3. The minimum atomic E-state index is 0.0761. The molecule has 0 spiro atoms. The lowest BCUT2D eigenvalue weighted by atomic mass is 10.2. The summed E-state index contributed by atoms with van der Waals surface area (Å²) in [5.74, 6) is 1.19. The van der Waals surface area contributed by atoms with Crippen molar-refractivity contribution in [3.8, 4) is 0 Å². The van der Waals surface area contributed by atoms with E-state index < -0.39 is 0 Å². The second-order valence-corrected chi connectivity index (χ2v) is 6.78. The van der Waals surface area contributed by atoms with Crippen molar-refractivity contribution in [3.63, 3.8) is 0 Å². The van der Waals surface area contributed by atoms with Gasteiger partial charge in [0.2, 0.25) is 0 Å². The van der Waals surface area contributed by atoms with Crippen molar-refractivity contribution < 1.29 is 4.79 Å². The lowest BCUT2D eigenvalue weighted by Gasteiger charge is -2.07. The standard InChI is InChI=1S/C18H17ClN4OS/c1-23-17(11-20-15-9-5-8-14(19)10-15)21-22-18(23)25-12-16(24)13-6-3-2-4-7-13/h2-10,20H,11-12H2,1H3. The molecule has 7 heteroatoms. The van der Waals surface area contributed by atoms with Crippen molar-refractivity contribution in [3.05, 3.63) is 71.0 Å². The summed E-state index contributed by atoms with van der Waals surface area (Å²) in [4.78, 5) is 12.2. The molecule has 0 radical (unpaired) electrons. The van der Waals surface area contributed by atoms with E-state index in [0.717, 1.165) is 11.5 Å². The summed E-state index contributed by atoms with van der Waals surface area (Å²) in [5.41, 5.74) is 1.63. The van der Waals surface area contributed by atoms with Crippen LogP contribution >= 0.6 is 23.4 Å². The molecule has 1 heterocycles. The molecule has 0 amide bonds. The molecule has 1 aromatic heterocycles. The normalized spacial score (nSPS) is 10.6. The summed E-state index contributed by atoms with van der Waals surface area (Å²) < 4.78 is 1.89. The summed E-state index contributed by atoms with van der Waals surface area (Å²) in [6, 6.07) is 16.8. The van der Waals surface area contributed by atoms with Gasteiger partial charge in [0.05, 0.1) is 12.3 Å². The molecule has 0 aliphatic rings. The molecule has 0 atom stereocenters. The van der Waals surface area contributed by atoms with E-state index in [1.165, 1.54) is 11.8 Å². The molecule has 2 aromatic carbocycles. The quantitative estimate of drug-likeness (QED) is 0.500. The van der Waals surface area contributed by atoms with Crippen LogP contribution in [0.3, 0.4) is 0 Å². The highest BCUT2D eigenvalue weighted by molar-refractivity contribution is 7.99. The first-order valence-corrected chi connectivity index (χ1v) is 9.08. The van der Waals surface area contributed by atoms with E-state index in [0.29, 0.717) is 28.0 Å². The molecule has 128 valence electrons. The van der Waals surface area contributed by atoms with Crippen LogP contribution in [0, 0.1) is 0 Å². The number of halogens is 1. The number of carbonyl (C=O) groups excluding carboxylic acids is 1. The van der Waals surface area contributed by atoms with Gasteiger partial charge in [-0.05, 0) is 18.2 Å². The Hall–Kier alpha value is -2.31. The van der Waals surface area contributed by atoms with Gasteiger partial charge in [0.15, 0.2) is 16.8 Å². The van der Waals surface area contributed by atoms with Crippen LogP contribution in [0.5, 0.6) is 0 Å². The summed E-state index contributed by atoms with van der Waals surface area (Å²) >= 11 is 7.36. The lowest BCUT2D eigenvalue weighted by Crippen LogP contribution is -2.07. The van der Waals surface area contributed by atoms with E-state index in [2.05, 4.69) is 15.5 Å². The molecule has 5 nitrogen and oxygen atoms in total. The van der Waals surface area contributed by atoms with Crippen LogP contribution in [0.25, 0.3) is 0 Å². The maximum Gasteiger partial charge on any atom is 0.191 e. The minimum absolute atomic E-state index is 0.0761. The van der Waals surface area contributed by atoms with Gasteiger partial charge in [0, 0.05) is 23.3 Å². The van der Waals surface area contributed by atoms with Gasteiger partial charge in [-0.15, -0.1) is 10.2 Å². The molecule has 0 aliphatic heterocycles. The molecular formula is C18H17ClN4OS. The smallest absolute Gasteiger partial charge is 0.191 e. The van der Waals surface area contributed by atoms with Crippen LogP contribution in [0.15, 0.2) is 59.8 Å². The first-order valence-electron chi connectivity index (χ1n) is 7.72. The van der Waals surface area contributed by atoms with Gasteiger partial charge in [0.1, 0.15) is 0 Å². The van der Waals surface area contributed by atoms with Crippen LogP contribution in [-0.4, -0.2) is 26.3 Å². The number of thioether (sulfide) groups is 1. The van der Waals surface area contributed by atoms with Crippen LogP contribution in [0.1, 0.15) is 16.2 Å². The predicted molar refractivity (Wildman–Crippen MR) is 101 cm³/mol. The molecule has 3 rings (SSSR count). The number of ketones is 1. The largest absolute Gasteiger partial charge is 0.378 e. The Bertz CT molecular complexity index is 867. The molecule has 3 aromatic rings. The molecule has 1 N–H and O–H groups in total. The highest BCUT2D eigenvalue weighted by atomic mass is 35.5. The zero-order valence-electron chi connectivity index (χ0n) is 13.6. The third kappa shape index (κ3) is 4.61. The fraction of sp³-hybridized carbons (Fsp3) is 0.167. The Morgan fingerprint density at radius 1 is 1.16 bits per heavy atom. The van der Waals surface area contributed by atoms with Crippen LogP contribution in [-0.2, 0) is 13.6 Å². The summed E-state index contributed by atoms with van der Waals surface area (Å²) in [7, 11) is 1.89. The summed E-state index contributed by atoms with van der Waals surface area (Å²) in [6.07, 6.45) is 0. The number of carbonyl (C=O) groups is 1. The van der Waals surface area contributed by atoms with Crippen LogP contribution < -0.4 is 5.32 Å². The number of hydrogen-bond acceptors (Lipinski definition) is 5. The van der Waals surface area contributed by atoms with Crippen LogP contribution in [0.2, 0.25) is 5.02 Å². The fourth-order valence-electron chi connectivity index (χ4n) is 2.24. The van der Waals surface area contributed by atoms with Crippen molar-refractivity contribution in [2.24, 2.45) is 7.05 Å². The van der Waals surface area contributed by atoms with Gasteiger partial charge in [-0.3, -0.25) is 4.79 Å². The van der Waals surface area contributed by atoms with Gasteiger partial charge < -0.3 is 9.88 Å². The van der Waals surface area contributed by atoms with Gasteiger partial charge in [0.25, 0.3) is 0 Å². The third-order valence-electron chi connectivity index (χ3n) is 3.63. The van der Waals surface area contributed by atoms with E-state index in [1.54, 1.807) is 0 Å². The van der Waals surface area contributed by atoms with Crippen molar-refractivity contribution in [1.29, 1.82) is 0 Å². The number of hydrogen-bond donors (Lipinski definition) is 1. The first kappa shape index (κ1) is 17.5. The Morgan fingerprint density at radius 3 is 2.72 bits per heavy atom. The zero-order chi connectivity index (χ0) is 17.6. The Balaban J connectivity index is 1.58. The third-order valence-corrected chi connectivity index (χ3v) is 4.88. The van der Waals surface area contributed by atoms with E-state index in [4.69, 9.17) is 11.6 Å². The SMILES string of the molecule is Cn1c(CNc2cccc(Cl)c2)nnc1SCC(=O)c1ccccc1. The average Bonchev–Trinajstić information content (AvgIpc) is 2.98. The monoisotopic (exact) mass is 372 g/mol. The Labute approximate surface area is 155 Å². The highest BCUT2D eigenvalue weighted by Gasteiger charge is 2.12. The van der Waals surface area contributed by atoms with Crippen molar-refractivity contribution >= 4 is 34.8 Å². The van der Waals surface area contributed by atoms with Crippen molar-refractivity contribution in [1.82, 2.24) is 14.8 Å². The van der Waals surface area contributed by atoms with E-state index in [9.17, 15) is 4.79 Å². The maximum atomic E-state index is 12.2. The molecular weight excluding hydrogens is 356 g/mol. The molecule has 0 saturated carbocycles. The molecule has 0 bridgehead atoms. The van der Waals surface area contributed by atoms with Gasteiger partial charge in [-0.25, -0.2) is 0 Å². The topological polar surface area (TPSA) is 59.8 Å². The fourth-order valence-corrected chi connectivity index (χ4v) is 3.26. The molecule has 0 unspecified atom stereocenters. The molecule has 0 aliphatic carbocycles. The van der Waals surface area contributed by atoms with Gasteiger partial charge >= 0.3 is 0 Å². The Kier molecular flexibility index (Phi) is 5.73. The van der Waals surface area contributed by atoms with E-state index >= 15 is 0 Å². The lowest BCUT2D eigenvalue weighted by molar-refractivity contribution is 0.102. The average molecular weight is 373 g/mol. The predicted octanol–water partition coefficient (Wildman–Crippen LogP) is 4.06. The number of Topliss-reactive ketones (excluding diaryl/α,β-unsaturated/α-hetero) is 1. The first-order chi connectivity index (χ1) is 12.1. The molecule has 0 saturated heterocycles. The van der Waals surface area contributed by atoms with Crippen molar-refractivity contribution in [2.45, 2.75) is 11.7 Å². The van der Waals surface area contributed by atoms with Gasteiger partial charge in [-0.1, -0.05) is 59.8 Å². The molecule has 0 fully saturated rings.